The lowest BCUT2D eigenvalue weighted by Crippen LogP contribution is -2.27. The number of carbonyl (C=O) groups excluding carboxylic acids is 1. The van der Waals surface area contributed by atoms with Crippen molar-refractivity contribution in [3.8, 4) is 0 Å². The summed E-state index contributed by atoms with van der Waals surface area (Å²) in [6, 6.07) is 11.1. The Morgan fingerprint density at radius 1 is 1.19 bits per heavy atom. The van der Waals surface area contributed by atoms with Crippen LogP contribution in [-0.2, 0) is 4.79 Å². The lowest BCUT2D eigenvalue weighted by molar-refractivity contribution is -0.113. The van der Waals surface area contributed by atoms with Crippen LogP contribution in [0.3, 0.4) is 0 Å². The largest absolute Gasteiger partial charge is 0.270 e. The van der Waals surface area contributed by atoms with Gasteiger partial charge in [0.05, 0.1) is 10.6 Å². The minimum absolute atomic E-state index is 0.0848. The summed E-state index contributed by atoms with van der Waals surface area (Å²) in [6.07, 6.45) is 1.90. The molecule has 1 aromatic carbocycles. The first kappa shape index (κ1) is 14.8. The Morgan fingerprint density at radius 2 is 1.90 bits per heavy atom. The molecule has 0 unspecified atom stereocenters. The van der Waals surface area contributed by atoms with Crippen LogP contribution in [0.25, 0.3) is 6.08 Å². The van der Waals surface area contributed by atoms with Gasteiger partial charge in [0.25, 0.3) is 5.91 Å². The molecule has 6 heteroatoms. The normalized spacial score (nSPS) is 17.0. The van der Waals surface area contributed by atoms with Crippen molar-refractivity contribution in [2.45, 2.75) is 6.92 Å². The first-order chi connectivity index (χ1) is 10.0. The SMILES string of the molecule is Cc1ccc(/C=C2\SC(=S)N(c3ccc(Cl)cc3)C2=O)s1. The fourth-order valence-corrected chi connectivity index (χ4v) is 4.25. The van der Waals surface area contributed by atoms with Crippen molar-refractivity contribution in [2.75, 3.05) is 4.90 Å². The summed E-state index contributed by atoms with van der Waals surface area (Å²) in [6.45, 7) is 2.04. The van der Waals surface area contributed by atoms with Crippen molar-refractivity contribution in [2.24, 2.45) is 0 Å². The van der Waals surface area contributed by atoms with Crippen molar-refractivity contribution in [3.63, 3.8) is 0 Å². The van der Waals surface area contributed by atoms with E-state index in [0.29, 0.717) is 14.2 Å². The molecule has 106 valence electrons. The van der Waals surface area contributed by atoms with Crippen molar-refractivity contribution >= 4 is 68.9 Å². The van der Waals surface area contributed by atoms with Gasteiger partial charge in [0.15, 0.2) is 4.32 Å². The maximum absolute atomic E-state index is 12.5. The highest BCUT2D eigenvalue weighted by Gasteiger charge is 2.33. The fourth-order valence-electron chi connectivity index (χ4n) is 1.94. The van der Waals surface area contributed by atoms with Gasteiger partial charge in [-0.3, -0.25) is 9.69 Å². The Bertz CT molecular complexity index is 749. The number of halogens is 1. The van der Waals surface area contributed by atoms with E-state index in [9.17, 15) is 4.79 Å². The summed E-state index contributed by atoms with van der Waals surface area (Å²) >= 11 is 14.2. The number of thioether (sulfide) groups is 1. The van der Waals surface area contributed by atoms with Crippen LogP contribution in [0.4, 0.5) is 5.69 Å². The van der Waals surface area contributed by atoms with Gasteiger partial charge in [0, 0.05) is 14.8 Å². The summed E-state index contributed by atoms with van der Waals surface area (Å²) in [4.78, 5) is 17.0. The predicted octanol–water partition coefficient (Wildman–Crippen LogP) is 5.12. The van der Waals surface area contributed by atoms with Crippen molar-refractivity contribution in [3.05, 3.63) is 56.1 Å². The van der Waals surface area contributed by atoms with Gasteiger partial charge in [-0.15, -0.1) is 11.3 Å². The molecule has 1 amide bonds. The van der Waals surface area contributed by atoms with Gasteiger partial charge in [-0.25, -0.2) is 0 Å². The predicted molar refractivity (Wildman–Crippen MR) is 96.2 cm³/mol. The first-order valence-corrected chi connectivity index (χ1v) is 8.56. The zero-order chi connectivity index (χ0) is 15.0. The van der Waals surface area contributed by atoms with Crippen LogP contribution in [0, 0.1) is 6.92 Å². The third kappa shape index (κ3) is 3.06. The standard InChI is InChI=1S/C15H10ClNOS3/c1-9-2-7-12(20-9)8-13-14(18)17(15(19)21-13)11-5-3-10(16)4-6-11/h2-8H,1H3/b13-8-. The highest BCUT2D eigenvalue weighted by Crippen LogP contribution is 2.37. The molecule has 1 aliphatic heterocycles. The summed E-state index contributed by atoms with van der Waals surface area (Å²) in [5.74, 6) is -0.0848. The fraction of sp³-hybridized carbons (Fsp3) is 0.0667. The Balaban J connectivity index is 1.92. The van der Waals surface area contributed by atoms with Crippen LogP contribution in [0.5, 0.6) is 0 Å². The van der Waals surface area contributed by atoms with Crippen molar-refractivity contribution in [1.82, 2.24) is 0 Å². The molecule has 0 bridgehead atoms. The molecule has 1 aromatic heterocycles. The molecule has 2 aromatic rings. The van der Waals surface area contributed by atoms with E-state index in [0.717, 1.165) is 10.6 Å². The Hall–Kier alpha value is -1.14. The highest BCUT2D eigenvalue weighted by molar-refractivity contribution is 8.27. The topological polar surface area (TPSA) is 20.3 Å². The van der Waals surface area contributed by atoms with Crippen LogP contribution in [-0.4, -0.2) is 10.2 Å². The Morgan fingerprint density at radius 3 is 2.52 bits per heavy atom. The molecule has 1 aliphatic rings. The van der Waals surface area contributed by atoms with E-state index in [1.807, 2.05) is 25.1 Å². The van der Waals surface area contributed by atoms with E-state index >= 15 is 0 Å². The molecule has 0 saturated carbocycles. The molecule has 1 fully saturated rings. The Labute approximate surface area is 141 Å². The van der Waals surface area contributed by atoms with Gasteiger partial charge in [-0.05, 0) is 49.4 Å². The molecule has 2 heterocycles. The van der Waals surface area contributed by atoms with Crippen LogP contribution in [0.15, 0.2) is 41.3 Å². The minimum atomic E-state index is -0.0848. The summed E-state index contributed by atoms with van der Waals surface area (Å²) in [5.41, 5.74) is 0.743. The number of hydrogen-bond donors (Lipinski definition) is 0. The van der Waals surface area contributed by atoms with Crippen molar-refractivity contribution in [1.29, 1.82) is 0 Å². The molecular formula is C15H10ClNOS3. The van der Waals surface area contributed by atoms with E-state index in [1.54, 1.807) is 40.5 Å². The van der Waals surface area contributed by atoms with E-state index in [-0.39, 0.29) is 5.91 Å². The minimum Gasteiger partial charge on any atom is -0.268 e. The number of hydrogen-bond acceptors (Lipinski definition) is 4. The van der Waals surface area contributed by atoms with Gasteiger partial charge in [-0.1, -0.05) is 35.6 Å². The molecule has 0 spiro atoms. The monoisotopic (exact) mass is 351 g/mol. The van der Waals surface area contributed by atoms with Gasteiger partial charge in [-0.2, -0.15) is 0 Å². The number of amides is 1. The third-order valence-corrected chi connectivity index (χ3v) is 5.41. The molecule has 21 heavy (non-hydrogen) atoms. The summed E-state index contributed by atoms with van der Waals surface area (Å²) < 4.78 is 0.543. The van der Waals surface area contributed by atoms with Crippen LogP contribution in [0.1, 0.15) is 9.75 Å². The number of aryl methyl sites for hydroxylation is 1. The second-order valence-electron chi connectivity index (χ2n) is 4.44. The number of carbonyl (C=O) groups is 1. The molecule has 3 rings (SSSR count). The molecule has 0 aliphatic carbocycles. The van der Waals surface area contributed by atoms with Crippen LogP contribution in [0.2, 0.25) is 5.02 Å². The molecule has 0 radical (unpaired) electrons. The quantitative estimate of drug-likeness (QED) is 0.553. The number of thiocarbonyl (C=S) groups is 1. The average molecular weight is 352 g/mol. The maximum atomic E-state index is 12.5. The zero-order valence-electron chi connectivity index (χ0n) is 11.0. The van der Waals surface area contributed by atoms with Gasteiger partial charge >= 0.3 is 0 Å². The van der Waals surface area contributed by atoms with Gasteiger partial charge < -0.3 is 0 Å². The molecular weight excluding hydrogens is 342 g/mol. The number of thiophene rings is 1. The molecule has 2 nitrogen and oxygen atoms in total. The Kier molecular flexibility index (Phi) is 4.17. The van der Waals surface area contributed by atoms with Gasteiger partial charge in [0.1, 0.15) is 0 Å². The van der Waals surface area contributed by atoms with Crippen molar-refractivity contribution < 1.29 is 4.79 Å². The van der Waals surface area contributed by atoms with Crippen LogP contribution >= 0.6 is 46.9 Å². The second kappa shape index (κ2) is 5.93. The average Bonchev–Trinajstić information content (AvgIpc) is 2.96. The lowest BCUT2D eigenvalue weighted by atomic mass is 10.3. The number of rotatable bonds is 2. The maximum Gasteiger partial charge on any atom is 0.270 e. The highest BCUT2D eigenvalue weighted by atomic mass is 35.5. The van der Waals surface area contributed by atoms with Crippen LogP contribution < -0.4 is 4.90 Å². The number of anilines is 1. The smallest absolute Gasteiger partial charge is 0.268 e. The number of benzene rings is 1. The zero-order valence-corrected chi connectivity index (χ0v) is 14.2. The van der Waals surface area contributed by atoms with Gasteiger partial charge in [0.2, 0.25) is 0 Å². The van der Waals surface area contributed by atoms with E-state index < -0.39 is 0 Å². The molecule has 0 atom stereocenters. The molecule has 0 N–H and O–H groups in total. The summed E-state index contributed by atoms with van der Waals surface area (Å²) in [5, 5.41) is 0.633. The number of nitrogens with zero attached hydrogens (tertiary/aromatic N) is 1. The van der Waals surface area contributed by atoms with E-state index in [4.69, 9.17) is 23.8 Å². The second-order valence-corrected chi connectivity index (χ2v) is 7.87. The lowest BCUT2D eigenvalue weighted by Gasteiger charge is -2.14. The summed E-state index contributed by atoms with van der Waals surface area (Å²) in [7, 11) is 0. The molecule has 1 saturated heterocycles. The van der Waals surface area contributed by atoms with E-state index in [2.05, 4.69) is 0 Å². The third-order valence-electron chi connectivity index (χ3n) is 2.91. The first-order valence-electron chi connectivity index (χ1n) is 6.14. The van der Waals surface area contributed by atoms with E-state index in [1.165, 1.54) is 16.6 Å².